The van der Waals surface area contributed by atoms with Crippen molar-refractivity contribution >= 4 is 5.91 Å². The summed E-state index contributed by atoms with van der Waals surface area (Å²) in [5, 5.41) is 0. The lowest BCUT2D eigenvalue weighted by Gasteiger charge is -2.39. The van der Waals surface area contributed by atoms with Crippen molar-refractivity contribution in [2.24, 2.45) is 11.7 Å². The van der Waals surface area contributed by atoms with Gasteiger partial charge in [0.1, 0.15) is 11.6 Å². The second kappa shape index (κ2) is 5.87. The molecular formula is C15H20F2N2O. The van der Waals surface area contributed by atoms with Gasteiger partial charge in [0.2, 0.25) is 0 Å². The molecule has 5 heteroatoms. The maximum absolute atomic E-state index is 13.8. The molecule has 0 radical (unpaired) electrons. The standard InChI is InChI=1S/C15H20F2N2O/c1-9-4-3-5-19(14(9)8-18)15(20)11-6-10(2)12(16)7-13(11)17/h6-7,9,14H,3-5,8,18H2,1-2H3/t9-,14+/m1/s1. The predicted octanol–water partition coefficient (Wildman–Crippen LogP) is 2.47. The minimum absolute atomic E-state index is 0.0727. The van der Waals surface area contributed by atoms with Crippen molar-refractivity contribution in [3.05, 3.63) is 34.9 Å². The second-order valence-corrected chi connectivity index (χ2v) is 5.50. The highest BCUT2D eigenvalue weighted by Gasteiger charge is 2.32. The van der Waals surface area contributed by atoms with Crippen LogP contribution >= 0.6 is 0 Å². The first kappa shape index (κ1) is 14.9. The van der Waals surface area contributed by atoms with Crippen LogP contribution in [0.3, 0.4) is 0 Å². The molecule has 1 aromatic carbocycles. The molecule has 1 aromatic rings. The van der Waals surface area contributed by atoms with Gasteiger partial charge in [0.05, 0.1) is 5.56 Å². The first-order valence-electron chi connectivity index (χ1n) is 6.92. The van der Waals surface area contributed by atoms with Crippen LogP contribution in [-0.2, 0) is 0 Å². The number of halogens is 2. The maximum Gasteiger partial charge on any atom is 0.257 e. The Morgan fingerprint density at radius 3 is 2.75 bits per heavy atom. The predicted molar refractivity (Wildman–Crippen MR) is 73.4 cm³/mol. The summed E-state index contributed by atoms with van der Waals surface area (Å²) in [4.78, 5) is 14.1. The zero-order valence-electron chi connectivity index (χ0n) is 11.8. The lowest BCUT2D eigenvalue weighted by molar-refractivity contribution is 0.0527. The van der Waals surface area contributed by atoms with Crippen molar-refractivity contribution in [1.82, 2.24) is 4.90 Å². The van der Waals surface area contributed by atoms with Gasteiger partial charge >= 0.3 is 0 Å². The van der Waals surface area contributed by atoms with Crippen LogP contribution in [-0.4, -0.2) is 29.9 Å². The van der Waals surface area contributed by atoms with Crippen molar-refractivity contribution < 1.29 is 13.6 Å². The molecule has 0 unspecified atom stereocenters. The number of hydrogen-bond donors (Lipinski definition) is 1. The number of hydrogen-bond acceptors (Lipinski definition) is 2. The molecule has 1 amide bonds. The highest BCUT2D eigenvalue weighted by molar-refractivity contribution is 5.95. The summed E-state index contributed by atoms with van der Waals surface area (Å²) in [6.45, 7) is 4.49. The number of rotatable bonds is 2. The van der Waals surface area contributed by atoms with Crippen molar-refractivity contribution in [3.63, 3.8) is 0 Å². The molecule has 1 heterocycles. The fourth-order valence-electron chi connectivity index (χ4n) is 2.84. The van der Waals surface area contributed by atoms with E-state index in [2.05, 4.69) is 0 Å². The summed E-state index contributed by atoms with van der Waals surface area (Å²) in [6.07, 6.45) is 1.89. The van der Waals surface area contributed by atoms with E-state index in [1.807, 2.05) is 6.92 Å². The molecule has 2 rings (SSSR count). The molecular weight excluding hydrogens is 262 g/mol. The van der Waals surface area contributed by atoms with Gasteiger partial charge in [0.15, 0.2) is 0 Å². The average molecular weight is 282 g/mol. The number of piperidine rings is 1. The van der Waals surface area contributed by atoms with Crippen molar-refractivity contribution in [3.8, 4) is 0 Å². The van der Waals surface area contributed by atoms with E-state index in [9.17, 15) is 13.6 Å². The van der Waals surface area contributed by atoms with E-state index >= 15 is 0 Å². The third-order valence-corrected chi connectivity index (χ3v) is 4.10. The Morgan fingerprint density at radius 1 is 1.40 bits per heavy atom. The number of amides is 1. The number of nitrogens with two attached hydrogens (primary N) is 1. The van der Waals surface area contributed by atoms with Gasteiger partial charge in [-0.1, -0.05) is 6.92 Å². The summed E-state index contributed by atoms with van der Waals surface area (Å²) in [6, 6.07) is 1.97. The van der Waals surface area contributed by atoms with Crippen LogP contribution < -0.4 is 5.73 Å². The number of carbonyl (C=O) groups is 1. The summed E-state index contributed by atoms with van der Waals surface area (Å²) >= 11 is 0. The van der Waals surface area contributed by atoms with Gasteiger partial charge in [-0.2, -0.15) is 0 Å². The SMILES string of the molecule is Cc1cc(C(=O)N2CCC[C@@H](C)[C@@H]2CN)c(F)cc1F. The number of carbonyl (C=O) groups excluding carboxylic acids is 1. The molecule has 2 N–H and O–H groups in total. The lowest BCUT2D eigenvalue weighted by Crippen LogP contribution is -2.51. The Labute approximate surface area is 117 Å². The van der Waals surface area contributed by atoms with Gasteiger partial charge in [-0.05, 0) is 37.3 Å². The normalized spacial score (nSPS) is 22.9. The Bertz CT molecular complexity index is 519. The summed E-state index contributed by atoms with van der Waals surface area (Å²) in [5.41, 5.74) is 5.94. The minimum atomic E-state index is -0.813. The number of benzene rings is 1. The van der Waals surface area contributed by atoms with Crippen LogP contribution in [0.5, 0.6) is 0 Å². The Hall–Kier alpha value is -1.49. The van der Waals surface area contributed by atoms with E-state index in [4.69, 9.17) is 5.73 Å². The van der Waals surface area contributed by atoms with Crippen molar-refractivity contribution in [2.45, 2.75) is 32.7 Å². The molecule has 0 bridgehead atoms. The smallest absolute Gasteiger partial charge is 0.257 e. The van der Waals surface area contributed by atoms with E-state index in [-0.39, 0.29) is 17.2 Å². The molecule has 1 fully saturated rings. The van der Waals surface area contributed by atoms with Gasteiger partial charge in [-0.15, -0.1) is 0 Å². The molecule has 0 saturated carbocycles. The van der Waals surface area contributed by atoms with Crippen LogP contribution in [0.2, 0.25) is 0 Å². The molecule has 20 heavy (non-hydrogen) atoms. The van der Waals surface area contributed by atoms with Crippen LogP contribution in [0, 0.1) is 24.5 Å². The molecule has 3 nitrogen and oxygen atoms in total. The maximum atomic E-state index is 13.8. The van der Waals surface area contributed by atoms with E-state index in [1.54, 1.807) is 4.90 Å². The fourth-order valence-corrected chi connectivity index (χ4v) is 2.84. The van der Waals surface area contributed by atoms with Crippen LogP contribution in [0.15, 0.2) is 12.1 Å². The average Bonchev–Trinajstić information content (AvgIpc) is 2.41. The van der Waals surface area contributed by atoms with Crippen LogP contribution in [0.4, 0.5) is 8.78 Å². The van der Waals surface area contributed by atoms with Gasteiger partial charge in [-0.25, -0.2) is 8.78 Å². The molecule has 0 aromatic heterocycles. The third kappa shape index (κ3) is 2.68. The molecule has 0 spiro atoms. The molecule has 2 atom stereocenters. The zero-order chi connectivity index (χ0) is 14.9. The molecule has 110 valence electrons. The quantitative estimate of drug-likeness (QED) is 0.905. The number of likely N-dealkylation sites (tertiary alicyclic amines) is 1. The summed E-state index contributed by atoms with van der Waals surface area (Å²) in [5.74, 6) is -1.55. The van der Waals surface area contributed by atoms with E-state index in [1.165, 1.54) is 13.0 Å². The monoisotopic (exact) mass is 282 g/mol. The van der Waals surface area contributed by atoms with Gasteiger partial charge < -0.3 is 10.6 Å². The van der Waals surface area contributed by atoms with Crippen LogP contribution in [0.1, 0.15) is 35.7 Å². The number of aryl methyl sites for hydroxylation is 1. The zero-order valence-corrected chi connectivity index (χ0v) is 11.8. The molecule has 1 aliphatic rings. The Morgan fingerprint density at radius 2 is 2.10 bits per heavy atom. The number of nitrogens with zero attached hydrogens (tertiary/aromatic N) is 1. The highest BCUT2D eigenvalue weighted by atomic mass is 19.1. The second-order valence-electron chi connectivity index (χ2n) is 5.50. The minimum Gasteiger partial charge on any atom is -0.334 e. The Kier molecular flexibility index (Phi) is 4.38. The fraction of sp³-hybridized carbons (Fsp3) is 0.533. The molecule has 1 aliphatic heterocycles. The summed E-state index contributed by atoms with van der Waals surface area (Å²) in [7, 11) is 0. The Balaban J connectivity index is 2.33. The van der Waals surface area contributed by atoms with E-state index < -0.39 is 17.5 Å². The van der Waals surface area contributed by atoms with E-state index in [0.29, 0.717) is 19.0 Å². The van der Waals surface area contributed by atoms with Gasteiger partial charge in [0.25, 0.3) is 5.91 Å². The third-order valence-electron chi connectivity index (χ3n) is 4.10. The lowest BCUT2D eigenvalue weighted by atomic mass is 9.90. The van der Waals surface area contributed by atoms with Crippen molar-refractivity contribution in [1.29, 1.82) is 0 Å². The molecule has 1 saturated heterocycles. The first-order valence-corrected chi connectivity index (χ1v) is 6.92. The summed E-state index contributed by atoms with van der Waals surface area (Å²) < 4.78 is 27.1. The van der Waals surface area contributed by atoms with Gasteiger partial charge in [-0.3, -0.25) is 4.79 Å². The van der Waals surface area contributed by atoms with Gasteiger partial charge in [0, 0.05) is 25.2 Å². The molecule has 0 aliphatic carbocycles. The van der Waals surface area contributed by atoms with Crippen LogP contribution in [0.25, 0.3) is 0 Å². The first-order chi connectivity index (χ1) is 9.45. The van der Waals surface area contributed by atoms with Crippen molar-refractivity contribution in [2.75, 3.05) is 13.1 Å². The van der Waals surface area contributed by atoms with E-state index in [0.717, 1.165) is 18.9 Å². The highest BCUT2D eigenvalue weighted by Crippen LogP contribution is 2.25. The largest absolute Gasteiger partial charge is 0.334 e. The topological polar surface area (TPSA) is 46.3 Å².